The number of aliphatic hydroxyl groups excluding tert-OH is 1. The number of rotatable bonds is 7. The quantitative estimate of drug-likeness (QED) is 0.424. The van der Waals surface area contributed by atoms with Crippen molar-refractivity contribution in [3.63, 3.8) is 0 Å². The van der Waals surface area contributed by atoms with E-state index in [1.54, 1.807) is 12.2 Å². The molecule has 116 valence electrons. The Labute approximate surface area is 123 Å². The zero-order chi connectivity index (χ0) is 15.3. The smallest absolute Gasteiger partial charge is 0.430 e. The van der Waals surface area contributed by atoms with E-state index in [0.717, 1.165) is 31.8 Å². The van der Waals surface area contributed by atoms with Crippen LogP contribution in [0.2, 0.25) is 0 Å². The number of ether oxygens (including phenoxy) is 3. The molecule has 2 aliphatic rings. The van der Waals surface area contributed by atoms with E-state index in [2.05, 4.69) is 11.3 Å². The number of allylic oxidation sites excluding steroid dienone is 4. The predicted molar refractivity (Wildman–Crippen MR) is 73.3 cm³/mol. The molecule has 0 bridgehead atoms. The van der Waals surface area contributed by atoms with E-state index in [0.29, 0.717) is 24.4 Å². The molecule has 6 heteroatoms. The highest BCUT2D eigenvalue weighted by molar-refractivity contribution is 5.81. The first-order valence-corrected chi connectivity index (χ1v) is 7.03. The van der Waals surface area contributed by atoms with Crippen LogP contribution >= 0.6 is 0 Å². The first-order chi connectivity index (χ1) is 10.0. The largest absolute Gasteiger partial charge is 0.435 e. The molecule has 0 fully saturated rings. The molecule has 0 aromatic heterocycles. The van der Waals surface area contributed by atoms with E-state index in [1.807, 2.05) is 0 Å². The van der Waals surface area contributed by atoms with E-state index < -0.39 is 18.2 Å². The molecule has 0 aromatic rings. The van der Waals surface area contributed by atoms with Gasteiger partial charge in [0.15, 0.2) is 0 Å². The highest BCUT2D eigenvalue weighted by atomic mass is 16.9. The molecule has 0 heterocycles. The molecule has 1 atom stereocenters. The Bertz CT molecular complexity index is 439. The van der Waals surface area contributed by atoms with Gasteiger partial charge in [0.25, 0.3) is 0 Å². The summed E-state index contributed by atoms with van der Waals surface area (Å²) in [5, 5.41) is 20.4. The molecule has 0 saturated heterocycles. The zero-order valence-electron chi connectivity index (χ0n) is 11.8. The van der Waals surface area contributed by atoms with Crippen molar-refractivity contribution in [3.8, 4) is 0 Å². The average Bonchev–Trinajstić information content (AvgIpc) is 3.12. The number of carbonyl (C=O) groups excluding carboxylic acids is 1. The van der Waals surface area contributed by atoms with Gasteiger partial charge in [0.05, 0.1) is 11.5 Å². The highest BCUT2D eigenvalue weighted by Gasteiger charge is 2.46. The fourth-order valence-electron chi connectivity index (χ4n) is 2.20. The molecule has 2 N–H and O–H groups in total. The van der Waals surface area contributed by atoms with Crippen LogP contribution < -0.4 is 0 Å². The van der Waals surface area contributed by atoms with Crippen molar-refractivity contribution in [2.45, 2.75) is 50.8 Å². The SMILES string of the molecule is C=CC(=O)OC(O)C(O)(OC1=CCCC1)OC1=CCCC1. The number of hydrogen-bond acceptors (Lipinski definition) is 6. The minimum Gasteiger partial charge on any atom is -0.430 e. The maximum Gasteiger partial charge on any atom is 0.435 e. The summed E-state index contributed by atoms with van der Waals surface area (Å²) >= 11 is 0. The van der Waals surface area contributed by atoms with Crippen molar-refractivity contribution in [1.82, 2.24) is 0 Å². The van der Waals surface area contributed by atoms with Gasteiger partial charge in [-0.15, -0.1) is 0 Å². The summed E-state index contributed by atoms with van der Waals surface area (Å²) in [6.45, 7) is 3.23. The molecule has 0 spiro atoms. The second-order valence-electron chi connectivity index (χ2n) is 4.95. The Morgan fingerprint density at radius 3 is 2.14 bits per heavy atom. The molecule has 1 unspecified atom stereocenters. The van der Waals surface area contributed by atoms with Crippen LogP contribution in [0.4, 0.5) is 0 Å². The van der Waals surface area contributed by atoms with Crippen LogP contribution in [0, 0.1) is 0 Å². The zero-order valence-corrected chi connectivity index (χ0v) is 11.8. The fourth-order valence-corrected chi connectivity index (χ4v) is 2.20. The van der Waals surface area contributed by atoms with Crippen molar-refractivity contribution in [1.29, 1.82) is 0 Å². The lowest BCUT2D eigenvalue weighted by Gasteiger charge is -2.32. The van der Waals surface area contributed by atoms with Crippen molar-refractivity contribution < 1.29 is 29.2 Å². The van der Waals surface area contributed by atoms with Gasteiger partial charge in [0.1, 0.15) is 0 Å². The summed E-state index contributed by atoms with van der Waals surface area (Å²) in [5.74, 6) is -2.33. The third-order valence-electron chi connectivity index (χ3n) is 3.26. The molecule has 0 aliphatic heterocycles. The topological polar surface area (TPSA) is 85.2 Å². The van der Waals surface area contributed by atoms with E-state index in [-0.39, 0.29) is 0 Å². The Morgan fingerprint density at radius 1 is 1.24 bits per heavy atom. The van der Waals surface area contributed by atoms with Gasteiger partial charge in [-0.05, 0) is 37.8 Å². The maximum absolute atomic E-state index is 11.2. The van der Waals surface area contributed by atoms with Gasteiger partial charge in [-0.1, -0.05) is 6.58 Å². The standard InChI is InChI=1S/C15H20O6/c1-2-13(16)19-14(17)15(18,20-11-7-3-4-8-11)21-12-9-5-6-10-12/h2,7,9,14,17-18H,1,3-6,8,10H2. The lowest BCUT2D eigenvalue weighted by Crippen LogP contribution is -2.49. The fraction of sp³-hybridized carbons (Fsp3) is 0.533. The normalized spacial score (nSPS) is 19.5. The summed E-state index contributed by atoms with van der Waals surface area (Å²) in [6, 6.07) is 0. The molecular formula is C15H20O6. The molecular weight excluding hydrogens is 276 g/mol. The number of aliphatic hydroxyl groups is 2. The second-order valence-corrected chi connectivity index (χ2v) is 4.95. The van der Waals surface area contributed by atoms with E-state index in [1.165, 1.54) is 0 Å². The van der Waals surface area contributed by atoms with Crippen LogP contribution in [0.15, 0.2) is 36.3 Å². The molecule has 0 saturated carbocycles. The lowest BCUT2D eigenvalue weighted by molar-refractivity contribution is -0.407. The Hall–Kier alpha value is -1.79. The number of carbonyl (C=O) groups is 1. The average molecular weight is 296 g/mol. The maximum atomic E-state index is 11.2. The molecule has 2 aliphatic carbocycles. The van der Waals surface area contributed by atoms with Gasteiger partial charge in [-0.3, -0.25) is 0 Å². The molecule has 0 amide bonds. The number of esters is 1. The van der Waals surface area contributed by atoms with Crippen molar-refractivity contribution in [3.05, 3.63) is 36.3 Å². The van der Waals surface area contributed by atoms with Crippen LogP contribution in [0.3, 0.4) is 0 Å². The molecule has 2 rings (SSSR count). The lowest BCUT2D eigenvalue weighted by atomic mass is 10.3. The van der Waals surface area contributed by atoms with E-state index in [9.17, 15) is 15.0 Å². The first-order valence-electron chi connectivity index (χ1n) is 7.03. The van der Waals surface area contributed by atoms with E-state index in [4.69, 9.17) is 9.47 Å². The Balaban J connectivity index is 2.10. The van der Waals surface area contributed by atoms with Gasteiger partial charge < -0.3 is 24.4 Å². The van der Waals surface area contributed by atoms with Gasteiger partial charge >= 0.3 is 18.2 Å². The molecule has 6 nitrogen and oxygen atoms in total. The summed E-state index contributed by atoms with van der Waals surface area (Å²) in [6.07, 6.45) is 7.23. The van der Waals surface area contributed by atoms with Gasteiger partial charge in [0.2, 0.25) is 0 Å². The molecule has 0 radical (unpaired) electrons. The van der Waals surface area contributed by atoms with Crippen molar-refractivity contribution in [2.75, 3.05) is 0 Å². The second kappa shape index (κ2) is 6.78. The highest BCUT2D eigenvalue weighted by Crippen LogP contribution is 2.31. The summed E-state index contributed by atoms with van der Waals surface area (Å²) in [5.41, 5.74) is 0. The van der Waals surface area contributed by atoms with Gasteiger partial charge in [-0.25, -0.2) is 4.79 Å². The monoisotopic (exact) mass is 296 g/mol. The summed E-state index contributed by atoms with van der Waals surface area (Å²) in [4.78, 5) is 11.2. The molecule has 0 aromatic carbocycles. The third-order valence-corrected chi connectivity index (χ3v) is 3.26. The first kappa shape index (κ1) is 15.6. The van der Waals surface area contributed by atoms with Crippen molar-refractivity contribution >= 4 is 5.97 Å². The van der Waals surface area contributed by atoms with Crippen LogP contribution in [-0.2, 0) is 19.0 Å². The predicted octanol–water partition coefficient (Wildman–Crippen LogP) is 1.85. The Kier molecular flexibility index (Phi) is 5.03. The van der Waals surface area contributed by atoms with Crippen molar-refractivity contribution in [2.24, 2.45) is 0 Å². The van der Waals surface area contributed by atoms with Crippen LogP contribution in [0.25, 0.3) is 0 Å². The Morgan fingerprint density at radius 2 is 1.76 bits per heavy atom. The van der Waals surface area contributed by atoms with Gasteiger partial charge in [0, 0.05) is 18.9 Å². The van der Waals surface area contributed by atoms with Crippen LogP contribution in [0.1, 0.15) is 38.5 Å². The summed E-state index contributed by atoms with van der Waals surface area (Å²) < 4.78 is 15.3. The van der Waals surface area contributed by atoms with Crippen LogP contribution in [-0.4, -0.2) is 28.4 Å². The summed E-state index contributed by atoms with van der Waals surface area (Å²) in [7, 11) is 0. The minimum absolute atomic E-state index is 0.504. The molecule has 21 heavy (non-hydrogen) atoms. The van der Waals surface area contributed by atoms with E-state index >= 15 is 0 Å². The minimum atomic E-state index is -2.45. The number of hydrogen-bond donors (Lipinski definition) is 2. The third kappa shape index (κ3) is 4.09. The van der Waals surface area contributed by atoms with Gasteiger partial charge in [-0.2, -0.15) is 0 Å². The van der Waals surface area contributed by atoms with Crippen LogP contribution in [0.5, 0.6) is 0 Å².